The van der Waals surface area contributed by atoms with Crippen molar-refractivity contribution < 1.29 is 14.1 Å². The van der Waals surface area contributed by atoms with Crippen LogP contribution in [-0.2, 0) is 27.8 Å². The molecule has 1 aromatic carbocycles. The molecule has 0 saturated heterocycles. The van der Waals surface area contributed by atoms with Crippen LogP contribution in [0.1, 0.15) is 11.1 Å². The van der Waals surface area contributed by atoms with Crippen molar-refractivity contribution in [3.63, 3.8) is 0 Å². The van der Waals surface area contributed by atoms with Gasteiger partial charge in [-0.3, -0.25) is 14.0 Å². The molecule has 2 unspecified atom stereocenters. The number of rotatable bonds is 6. The zero-order chi connectivity index (χ0) is 15.2. The van der Waals surface area contributed by atoms with Crippen molar-refractivity contribution in [2.45, 2.75) is 17.4 Å². The number of nitrogens with zero attached hydrogens (tertiary/aromatic N) is 1. The van der Waals surface area contributed by atoms with E-state index in [0.29, 0.717) is 0 Å². The smallest absolute Gasteiger partial charge is 0.319 e. The molecule has 0 aliphatic carbocycles. The lowest BCUT2D eigenvalue weighted by atomic mass is 10.1. The van der Waals surface area contributed by atoms with E-state index < -0.39 is 22.0 Å². The first kappa shape index (κ1) is 15.9. The Morgan fingerprint density at radius 3 is 2.57 bits per heavy atom. The van der Waals surface area contributed by atoms with Gasteiger partial charge in [0.1, 0.15) is 5.25 Å². The van der Waals surface area contributed by atoms with Crippen LogP contribution >= 0.6 is 15.9 Å². The summed E-state index contributed by atoms with van der Waals surface area (Å²) in [5.41, 5.74) is 1.62. The molecule has 1 aromatic heterocycles. The minimum atomic E-state index is -1.51. The Hall–Kier alpha value is -1.53. The summed E-state index contributed by atoms with van der Waals surface area (Å²) in [6, 6.07) is 11.0. The van der Waals surface area contributed by atoms with Gasteiger partial charge in [0, 0.05) is 27.7 Å². The molecule has 6 heteroatoms. The lowest BCUT2D eigenvalue weighted by molar-refractivity contribution is -0.136. The predicted molar refractivity (Wildman–Crippen MR) is 85.4 cm³/mol. The number of hydrogen-bond donors (Lipinski definition) is 1. The van der Waals surface area contributed by atoms with Crippen LogP contribution in [0, 0.1) is 0 Å². The van der Waals surface area contributed by atoms with E-state index >= 15 is 0 Å². The molecule has 0 aliphatic rings. The molecule has 110 valence electrons. The fourth-order valence-electron chi connectivity index (χ4n) is 1.92. The van der Waals surface area contributed by atoms with Gasteiger partial charge in [-0.15, -0.1) is 0 Å². The summed E-state index contributed by atoms with van der Waals surface area (Å²) in [7, 11) is -1.51. The molecule has 0 saturated carbocycles. The van der Waals surface area contributed by atoms with Crippen LogP contribution in [0.3, 0.4) is 0 Å². The first-order chi connectivity index (χ1) is 10.1. The number of hydrogen-bond acceptors (Lipinski definition) is 3. The molecule has 0 fully saturated rings. The standard InChI is InChI=1S/C15H14BrNO3S/c16-13-6-12(8-17-9-13)10-21(20)14(15(18)19)7-11-4-2-1-3-5-11/h1-6,8-9,14H,7,10H2,(H,18,19). The third-order valence-corrected chi connectivity index (χ3v) is 4.98. The summed E-state index contributed by atoms with van der Waals surface area (Å²) >= 11 is 3.29. The SMILES string of the molecule is O=C(O)C(Cc1ccccc1)S(=O)Cc1cncc(Br)c1. The van der Waals surface area contributed by atoms with Crippen LogP contribution in [0.25, 0.3) is 0 Å². The van der Waals surface area contributed by atoms with Gasteiger partial charge < -0.3 is 5.11 Å². The van der Waals surface area contributed by atoms with Crippen LogP contribution in [-0.4, -0.2) is 25.5 Å². The quantitative estimate of drug-likeness (QED) is 0.852. The summed E-state index contributed by atoms with van der Waals surface area (Å²) in [6.45, 7) is 0. The molecule has 2 atom stereocenters. The molecule has 2 rings (SSSR count). The van der Waals surface area contributed by atoms with Crippen LogP contribution in [0.4, 0.5) is 0 Å². The van der Waals surface area contributed by atoms with Gasteiger partial charge in [-0.25, -0.2) is 0 Å². The van der Waals surface area contributed by atoms with Crippen molar-refractivity contribution in [1.29, 1.82) is 0 Å². The summed E-state index contributed by atoms with van der Waals surface area (Å²) in [6.07, 6.45) is 3.49. The molecule has 2 aromatic rings. The Morgan fingerprint density at radius 1 is 1.24 bits per heavy atom. The van der Waals surface area contributed by atoms with Crippen molar-refractivity contribution in [1.82, 2.24) is 4.98 Å². The summed E-state index contributed by atoms with van der Waals surface area (Å²) in [5, 5.41) is 8.40. The zero-order valence-corrected chi connectivity index (χ0v) is 13.5. The van der Waals surface area contributed by atoms with Crippen molar-refractivity contribution in [2.75, 3.05) is 0 Å². The Bertz CT molecular complexity index is 648. The minimum Gasteiger partial charge on any atom is -0.480 e. The van der Waals surface area contributed by atoms with E-state index in [2.05, 4.69) is 20.9 Å². The van der Waals surface area contributed by atoms with Gasteiger partial charge >= 0.3 is 5.97 Å². The number of aliphatic carboxylic acids is 1. The van der Waals surface area contributed by atoms with Gasteiger partial charge in [-0.2, -0.15) is 0 Å². The molecule has 21 heavy (non-hydrogen) atoms. The average Bonchev–Trinajstić information content (AvgIpc) is 2.45. The number of carboxylic acid groups (broad SMARTS) is 1. The highest BCUT2D eigenvalue weighted by Gasteiger charge is 2.25. The second-order valence-electron chi connectivity index (χ2n) is 4.55. The van der Waals surface area contributed by atoms with E-state index in [0.717, 1.165) is 15.6 Å². The highest BCUT2D eigenvalue weighted by molar-refractivity contribution is 9.10. The Labute approximate surface area is 133 Å². The van der Waals surface area contributed by atoms with Gasteiger partial charge in [0.05, 0.1) is 5.75 Å². The van der Waals surface area contributed by atoms with Gasteiger partial charge in [0.2, 0.25) is 0 Å². The Kier molecular flexibility index (Phi) is 5.64. The van der Waals surface area contributed by atoms with Gasteiger partial charge in [0.15, 0.2) is 0 Å². The van der Waals surface area contributed by atoms with Gasteiger partial charge in [0.25, 0.3) is 0 Å². The Balaban J connectivity index is 2.11. The third-order valence-electron chi connectivity index (χ3n) is 2.93. The number of pyridine rings is 1. The van der Waals surface area contributed by atoms with E-state index in [9.17, 15) is 14.1 Å². The molecule has 4 nitrogen and oxygen atoms in total. The van der Waals surface area contributed by atoms with Crippen LogP contribution in [0.15, 0.2) is 53.3 Å². The molecule has 0 bridgehead atoms. The van der Waals surface area contributed by atoms with E-state index in [4.69, 9.17) is 0 Å². The van der Waals surface area contributed by atoms with Gasteiger partial charge in [-0.05, 0) is 39.5 Å². The maximum Gasteiger partial charge on any atom is 0.319 e. The molecule has 0 aliphatic heterocycles. The maximum absolute atomic E-state index is 12.4. The van der Waals surface area contributed by atoms with Crippen molar-refractivity contribution in [2.24, 2.45) is 0 Å². The minimum absolute atomic E-state index is 0.177. The van der Waals surface area contributed by atoms with Gasteiger partial charge in [-0.1, -0.05) is 30.3 Å². The molecule has 0 spiro atoms. The average molecular weight is 368 g/mol. The number of carbonyl (C=O) groups is 1. The van der Waals surface area contributed by atoms with E-state index in [-0.39, 0.29) is 12.2 Å². The highest BCUT2D eigenvalue weighted by atomic mass is 79.9. The molecule has 0 radical (unpaired) electrons. The largest absolute Gasteiger partial charge is 0.480 e. The highest BCUT2D eigenvalue weighted by Crippen LogP contribution is 2.15. The van der Waals surface area contributed by atoms with Crippen molar-refractivity contribution >= 4 is 32.7 Å². The molecular weight excluding hydrogens is 354 g/mol. The fourth-order valence-corrected chi connectivity index (χ4v) is 3.62. The topological polar surface area (TPSA) is 67.3 Å². The van der Waals surface area contributed by atoms with Crippen LogP contribution in [0.2, 0.25) is 0 Å². The summed E-state index contributed by atoms with van der Waals surface area (Å²) in [4.78, 5) is 15.4. The second kappa shape index (κ2) is 7.47. The fraction of sp³-hybridized carbons (Fsp3) is 0.200. The summed E-state index contributed by atoms with van der Waals surface area (Å²) < 4.78 is 13.1. The molecular formula is C15H14BrNO3S. The summed E-state index contributed by atoms with van der Waals surface area (Å²) in [5.74, 6) is -0.865. The maximum atomic E-state index is 12.4. The monoisotopic (exact) mass is 367 g/mol. The number of carboxylic acids is 1. The van der Waals surface area contributed by atoms with Crippen molar-refractivity contribution in [3.05, 3.63) is 64.4 Å². The molecule has 1 N–H and O–H groups in total. The van der Waals surface area contributed by atoms with Crippen molar-refractivity contribution in [3.8, 4) is 0 Å². The first-order valence-corrected chi connectivity index (χ1v) is 8.47. The lowest BCUT2D eigenvalue weighted by Gasteiger charge is -2.12. The zero-order valence-electron chi connectivity index (χ0n) is 11.1. The normalized spacial score (nSPS) is 13.6. The van der Waals surface area contributed by atoms with E-state index in [1.807, 2.05) is 30.3 Å². The number of benzene rings is 1. The van der Waals surface area contributed by atoms with Crippen LogP contribution < -0.4 is 0 Å². The second-order valence-corrected chi connectivity index (χ2v) is 7.09. The van der Waals surface area contributed by atoms with Crippen LogP contribution in [0.5, 0.6) is 0 Å². The third kappa shape index (κ3) is 4.75. The van der Waals surface area contributed by atoms with E-state index in [1.165, 1.54) is 0 Å². The number of aromatic nitrogens is 1. The molecule has 1 heterocycles. The first-order valence-electron chi connectivity index (χ1n) is 6.29. The Morgan fingerprint density at radius 2 is 1.95 bits per heavy atom. The predicted octanol–water partition coefficient (Wildman–Crippen LogP) is 2.79. The van der Waals surface area contributed by atoms with E-state index in [1.54, 1.807) is 18.5 Å². The molecule has 0 amide bonds. The number of halogens is 1. The lowest BCUT2D eigenvalue weighted by Crippen LogP contribution is -2.29.